The van der Waals surface area contributed by atoms with Crippen molar-refractivity contribution in [2.24, 2.45) is 0 Å². The summed E-state index contributed by atoms with van der Waals surface area (Å²) in [6.45, 7) is 6.49. The Morgan fingerprint density at radius 1 is 0.259 bits per heavy atom. The summed E-state index contributed by atoms with van der Waals surface area (Å²) in [5.74, 6) is -0.909. The molecule has 81 heavy (non-hydrogen) atoms. The van der Waals surface area contributed by atoms with E-state index in [2.05, 4.69) is 118 Å². The van der Waals surface area contributed by atoms with E-state index in [0.717, 1.165) is 103 Å². The third kappa shape index (κ3) is 67.0. The monoisotopic (exact) mass is 1130 g/mol. The Hall–Kier alpha value is -3.67. The maximum absolute atomic E-state index is 12.9. The molecular weight excluding hydrogens is 997 g/mol. The zero-order chi connectivity index (χ0) is 58.5. The highest BCUT2D eigenvalue weighted by molar-refractivity contribution is 5.71. The number of allylic oxidation sites excluding steroid dienone is 16. The van der Waals surface area contributed by atoms with Gasteiger partial charge in [-0.3, -0.25) is 14.4 Å². The van der Waals surface area contributed by atoms with E-state index in [9.17, 15) is 14.4 Å². The Morgan fingerprint density at radius 2 is 0.481 bits per heavy atom. The van der Waals surface area contributed by atoms with E-state index in [1.165, 1.54) is 199 Å². The Balaban J connectivity index is 4.23. The number of unbranched alkanes of at least 4 members (excludes halogenated alkanes) is 36. The van der Waals surface area contributed by atoms with Gasteiger partial charge >= 0.3 is 17.9 Å². The Bertz CT molecular complexity index is 1580. The van der Waals surface area contributed by atoms with Crippen LogP contribution in [0.25, 0.3) is 0 Å². The van der Waals surface area contributed by atoms with E-state index in [0.29, 0.717) is 19.3 Å². The van der Waals surface area contributed by atoms with Gasteiger partial charge in [-0.2, -0.15) is 0 Å². The maximum atomic E-state index is 12.9. The third-order valence-electron chi connectivity index (χ3n) is 15.0. The minimum atomic E-state index is -0.793. The minimum Gasteiger partial charge on any atom is -0.462 e. The fourth-order valence-electron chi connectivity index (χ4n) is 9.85. The molecule has 466 valence electrons. The van der Waals surface area contributed by atoms with Crippen LogP contribution in [0.5, 0.6) is 0 Å². The van der Waals surface area contributed by atoms with Crippen molar-refractivity contribution in [1.29, 1.82) is 0 Å². The first kappa shape index (κ1) is 77.3. The molecule has 0 aliphatic rings. The number of esters is 3. The van der Waals surface area contributed by atoms with Crippen LogP contribution in [-0.2, 0) is 28.6 Å². The normalized spacial score (nSPS) is 12.7. The van der Waals surface area contributed by atoms with Crippen LogP contribution in [0.15, 0.2) is 97.2 Å². The number of rotatable bonds is 63. The molecule has 0 N–H and O–H groups in total. The summed E-state index contributed by atoms with van der Waals surface area (Å²) in [6, 6.07) is 0. The van der Waals surface area contributed by atoms with Crippen molar-refractivity contribution in [3.63, 3.8) is 0 Å². The van der Waals surface area contributed by atoms with Gasteiger partial charge in [0.2, 0.25) is 0 Å². The molecule has 0 bridgehead atoms. The van der Waals surface area contributed by atoms with Gasteiger partial charge in [-0.25, -0.2) is 0 Å². The topological polar surface area (TPSA) is 78.9 Å². The predicted molar refractivity (Wildman–Crippen MR) is 353 cm³/mol. The highest BCUT2D eigenvalue weighted by Gasteiger charge is 2.19. The van der Waals surface area contributed by atoms with Crippen molar-refractivity contribution in [1.82, 2.24) is 0 Å². The summed E-state index contributed by atoms with van der Waals surface area (Å²) >= 11 is 0. The number of carbonyl (C=O) groups excluding carboxylic acids is 3. The van der Waals surface area contributed by atoms with Crippen molar-refractivity contribution >= 4 is 17.9 Å². The lowest BCUT2D eigenvalue weighted by molar-refractivity contribution is -0.167. The molecule has 0 spiro atoms. The standard InChI is InChI=1S/C75H130O6/c1-4-7-10-13-16-19-22-25-27-29-31-32-33-34-35-36-37-38-39-40-41-42-44-45-47-50-53-56-59-62-65-68-74(77)80-71-72(70-79-73(76)67-64-61-58-55-52-49-24-21-18-15-12-9-6-3)81-75(78)69-66-63-60-57-54-51-48-46-43-30-28-26-23-20-17-14-11-8-5-2/h9,12,17-18,20-22,25-26,28-29,31,33-34,49,52,72H,4-8,10-11,13-16,19,23-24,27,30,32,35-48,50-51,53-71H2,1-3H3/b12-9-,20-17-,21-18-,25-22-,28-26-,31-29-,34-33-,52-49-. The SMILES string of the molecule is CC/C=C\C/C=C\C/C=C\CCCCCC(=O)OCC(COC(=O)CCCCCCCCCCCCCCCCCC/C=C\C/C=C\C/C=C\CCCCCCC)OC(=O)CCCCCCCCCCC/C=C\C/C=C\CCCCC. The molecule has 0 radical (unpaired) electrons. The predicted octanol–water partition coefficient (Wildman–Crippen LogP) is 24.0. The molecule has 0 aromatic carbocycles. The van der Waals surface area contributed by atoms with Crippen molar-refractivity contribution in [2.75, 3.05) is 13.2 Å². The van der Waals surface area contributed by atoms with E-state index in [1.54, 1.807) is 0 Å². The second-order valence-corrected chi connectivity index (χ2v) is 23.1. The molecule has 0 saturated heterocycles. The lowest BCUT2D eigenvalue weighted by Crippen LogP contribution is -2.30. The van der Waals surface area contributed by atoms with Crippen molar-refractivity contribution in [3.05, 3.63) is 97.2 Å². The summed E-state index contributed by atoms with van der Waals surface area (Å²) < 4.78 is 16.9. The molecule has 6 heteroatoms. The van der Waals surface area contributed by atoms with Crippen LogP contribution in [-0.4, -0.2) is 37.2 Å². The fraction of sp³-hybridized carbons (Fsp3) is 0.747. The molecule has 1 atom stereocenters. The third-order valence-corrected chi connectivity index (χ3v) is 15.0. The van der Waals surface area contributed by atoms with E-state index in [1.807, 2.05) is 0 Å². The number of hydrogen-bond acceptors (Lipinski definition) is 6. The zero-order valence-electron chi connectivity index (χ0n) is 53.5. The van der Waals surface area contributed by atoms with Gasteiger partial charge < -0.3 is 14.2 Å². The second kappa shape index (κ2) is 68.8. The van der Waals surface area contributed by atoms with E-state index in [4.69, 9.17) is 14.2 Å². The average Bonchev–Trinajstić information content (AvgIpc) is 3.46. The fourth-order valence-corrected chi connectivity index (χ4v) is 9.85. The van der Waals surface area contributed by atoms with Crippen LogP contribution in [0.3, 0.4) is 0 Å². The molecule has 0 rings (SSSR count). The second-order valence-electron chi connectivity index (χ2n) is 23.1. The van der Waals surface area contributed by atoms with Gasteiger partial charge in [0.1, 0.15) is 13.2 Å². The van der Waals surface area contributed by atoms with Crippen LogP contribution in [0.2, 0.25) is 0 Å². The van der Waals surface area contributed by atoms with Crippen molar-refractivity contribution in [2.45, 2.75) is 348 Å². The highest BCUT2D eigenvalue weighted by atomic mass is 16.6. The molecule has 6 nitrogen and oxygen atoms in total. The summed E-state index contributed by atoms with van der Waals surface area (Å²) in [5, 5.41) is 0. The van der Waals surface area contributed by atoms with Crippen LogP contribution in [0.4, 0.5) is 0 Å². The Labute approximate surface area is 502 Å². The lowest BCUT2D eigenvalue weighted by atomic mass is 10.0. The summed E-state index contributed by atoms with van der Waals surface area (Å²) in [6.07, 6.45) is 93.0. The Morgan fingerprint density at radius 3 is 0.790 bits per heavy atom. The largest absolute Gasteiger partial charge is 0.462 e. The maximum Gasteiger partial charge on any atom is 0.306 e. The minimum absolute atomic E-state index is 0.0868. The number of ether oxygens (including phenoxy) is 3. The summed E-state index contributed by atoms with van der Waals surface area (Å²) in [4.78, 5) is 38.4. The van der Waals surface area contributed by atoms with Crippen LogP contribution >= 0.6 is 0 Å². The van der Waals surface area contributed by atoms with E-state index >= 15 is 0 Å². The van der Waals surface area contributed by atoms with Crippen molar-refractivity contribution < 1.29 is 28.6 Å². The van der Waals surface area contributed by atoms with Gasteiger partial charge in [0.25, 0.3) is 0 Å². The van der Waals surface area contributed by atoms with Gasteiger partial charge in [-0.15, -0.1) is 0 Å². The average molecular weight is 1130 g/mol. The molecule has 0 aromatic rings. The van der Waals surface area contributed by atoms with Gasteiger partial charge in [0, 0.05) is 19.3 Å². The lowest BCUT2D eigenvalue weighted by Gasteiger charge is -2.18. The van der Waals surface area contributed by atoms with Gasteiger partial charge in [0.05, 0.1) is 0 Å². The molecule has 0 saturated carbocycles. The zero-order valence-corrected chi connectivity index (χ0v) is 53.5. The first-order chi connectivity index (χ1) is 40.0. The molecule has 0 fully saturated rings. The first-order valence-corrected chi connectivity index (χ1v) is 34.7. The molecular formula is C75H130O6. The molecule has 0 amide bonds. The van der Waals surface area contributed by atoms with E-state index in [-0.39, 0.29) is 31.1 Å². The molecule has 0 aliphatic heterocycles. The van der Waals surface area contributed by atoms with Crippen LogP contribution in [0, 0.1) is 0 Å². The van der Waals surface area contributed by atoms with Crippen LogP contribution in [0.1, 0.15) is 342 Å². The van der Waals surface area contributed by atoms with Gasteiger partial charge in [0.15, 0.2) is 6.10 Å². The smallest absolute Gasteiger partial charge is 0.306 e. The molecule has 0 heterocycles. The molecule has 0 aliphatic carbocycles. The van der Waals surface area contributed by atoms with Gasteiger partial charge in [-0.1, -0.05) is 298 Å². The van der Waals surface area contributed by atoms with Crippen LogP contribution < -0.4 is 0 Å². The summed E-state index contributed by atoms with van der Waals surface area (Å²) in [5.41, 5.74) is 0. The number of hydrogen-bond donors (Lipinski definition) is 0. The molecule has 1 unspecified atom stereocenters. The Kier molecular flexibility index (Phi) is 65.7. The van der Waals surface area contributed by atoms with E-state index < -0.39 is 6.10 Å². The number of carbonyl (C=O) groups is 3. The first-order valence-electron chi connectivity index (χ1n) is 34.7. The quantitative estimate of drug-likeness (QED) is 0.0261. The van der Waals surface area contributed by atoms with Crippen molar-refractivity contribution in [3.8, 4) is 0 Å². The highest BCUT2D eigenvalue weighted by Crippen LogP contribution is 2.17. The molecule has 0 aromatic heterocycles. The van der Waals surface area contributed by atoms with Gasteiger partial charge in [-0.05, 0) is 122 Å². The summed E-state index contributed by atoms with van der Waals surface area (Å²) in [7, 11) is 0.